The van der Waals surface area contributed by atoms with Gasteiger partial charge in [0.05, 0.1) is 10.6 Å². The molecule has 1 heterocycles. The highest BCUT2D eigenvalue weighted by Gasteiger charge is 2.34. The second-order valence-electron chi connectivity index (χ2n) is 5.20. The van der Waals surface area contributed by atoms with E-state index in [0.29, 0.717) is 5.69 Å². The Morgan fingerprint density at radius 1 is 1.12 bits per heavy atom. The van der Waals surface area contributed by atoms with Gasteiger partial charge in [-0.05, 0) is 36.4 Å². The number of hydrogen-bond donors (Lipinski definition) is 1. The van der Waals surface area contributed by atoms with Crippen molar-refractivity contribution in [2.24, 2.45) is 0 Å². The third-order valence-corrected chi connectivity index (χ3v) is 4.70. The fourth-order valence-electron chi connectivity index (χ4n) is 2.29. The Bertz CT molecular complexity index is 976. The van der Waals surface area contributed by atoms with Gasteiger partial charge < -0.3 is 0 Å². The molecule has 7 nitrogen and oxygen atoms in total. The van der Waals surface area contributed by atoms with Gasteiger partial charge in [0.15, 0.2) is 0 Å². The molecule has 3 rings (SSSR count). The van der Waals surface area contributed by atoms with E-state index >= 15 is 0 Å². The summed E-state index contributed by atoms with van der Waals surface area (Å²) < 4.78 is 0.815. The fraction of sp³-hybridized carbons (Fsp3) is 0. The van der Waals surface area contributed by atoms with Crippen LogP contribution >= 0.6 is 39.1 Å². The molecule has 0 aliphatic carbocycles. The fourth-order valence-corrected chi connectivity index (χ4v) is 3.06. The van der Waals surface area contributed by atoms with Crippen molar-refractivity contribution in [3.05, 3.63) is 72.2 Å². The summed E-state index contributed by atoms with van der Waals surface area (Å²) in [6.07, 6.45) is 1.20. The molecule has 0 spiro atoms. The molecule has 26 heavy (non-hydrogen) atoms. The minimum atomic E-state index is -0.675. The predicted molar refractivity (Wildman–Crippen MR) is 101 cm³/mol. The molecule has 10 heteroatoms. The summed E-state index contributed by atoms with van der Waals surface area (Å²) in [5, 5.41) is 12.0. The first-order valence-electron chi connectivity index (χ1n) is 7.04. The van der Waals surface area contributed by atoms with Crippen LogP contribution in [0.2, 0.25) is 10.0 Å². The molecular formula is C16H8BrCl2N3O4. The Kier molecular flexibility index (Phi) is 4.99. The van der Waals surface area contributed by atoms with E-state index in [0.717, 1.165) is 15.5 Å². The van der Waals surface area contributed by atoms with E-state index in [9.17, 15) is 19.7 Å². The first kappa shape index (κ1) is 18.4. The molecule has 0 atom stereocenters. The van der Waals surface area contributed by atoms with Gasteiger partial charge in [-0.1, -0.05) is 39.1 Å². The topological polar surface area (TPSA) is 92.6 Å². The Balaban J connectivity index is 2.00. The van der Waals surface area contributed by atoms with Crippen molar-refractivity contribution in [1.82, 2.24) is 5.43 Å². The van der Waals surface area contributed by atoms with Crippen LogP contribution in [0.5, 0.6) is 0 Å². The molecule has 0 unspecified atom stereocenters. The van der Waals surface area contributed by atoms with E-state index in [1.807, 2.05) is 0 Å². The lowest BCUT2D eigenvalue weighted by molar-refractivity contribution is -0.384. The average molecular weight is 457 g/mol. The number of amides is 2. The molecule has 0 bridgehead atoms. The molecule has 2 aromatic carbocycles. The summed E-state index contributed by atoms with van der Waals surface area (Å²) >= 11 is 15.1. The number of halogens is 3. The highest BCUT2D eigenvalue weighted by Crippen LogP contribution is 2.33. The van der Waals surface area contributed by atoms with Crippen LogP contribution in [0.4, 0.5) is 11.4 Å². The molecule has 2 amide bonds. The van der Waals surface area contributed by atoms with Crippen LogP contribution in [0, 0.1) is 10.1 Å². The van der Waals surface area contributed by atoms with E-state index in [2.05, 4.69) is 21.4 Å². The van der Waals surface area contributed by atoms with Crippen LogP contribution in [-0.4, -0.2) is 16.7 Å². The maximum absolute atomic E-state index is 12.6. The Labute approximate surface area is 165 Å². The van der Waals surface area contributed by atoms with Gasteiger partial charge in [-0.15, -0.1) is 0 Å². The van der Waals surface area contributed by atoms with Gasteiger partial charge in [-0.2, -0.15) is 0 Å². The van der Waals surface area contributed by atoms with Gasteiger partial charge in [0, 0.05) is 21.1 Å². The summed E-state index contributed by atoms with van der Waals surface area (Å²) in [5.74, 6) is -1.25. The Hall–Kier alpha value is -2.42. The zero-order valence-corrected chi connectivity index (χ0v) is 15.8. The van der Waals surface area contributed by atoms with Crippen molar-refractivity contribution < 1.29 is 14.5 Å². The number of rotatable bonds is 3. The van der Waals surface area contributed by atoms with Gasteiger partial charge in [-0.3, -0.25) is 25.1 Å². The van der Waals surface area contributed by atoms with E-state index in [1.54, 1.807) is 24.3 Å². The summed E-state index contributed by atoms with van der Waals surface area (Å²) in [6, 6.07) is 9.03. The van der Waals surface area contributed by atoms with Crippen molar-refractivity contribution in [2.75, 3.05) is 5.01 Å². The van der Waals surface area contributed by atoms with Crippen LogP contribution in [0.3, 0.4) is 0 Å². The van der Waals surface area contributed by atoms with Crippen molar-refractivity contribution in [3.8, 4) is 0 Å². The molecule has 2 aromatic rings. The molecule has 1 aliphatic heterocycles. The lowest BCUT2D eigenvalue weighted by Gasteiger charge is -2.14. The number of anilines is 1. The number of carbonyl (C=O) groups is 2. The molecule has 1 saturated heterocycles. The predicted octanol–water partition coefficient (Wildman–Crippen LogP) is 4.13. The van der Waals surface area contributed by atoms with Gasteiger partial charge in [0.25, 0.3) is 17.5 Å². The highest BCUT2D eigenvalue weighted by molar-refractivity contribution is 9.10. The lowest BCUT2D eigenvalue weighted by Crippen LogP contribution is -2.35. The maximum Gasteiger partial charge on any atom is 0.288 e. The minimum Gasteiger partial charge on any atom is -0.267 e. The second-order valence-corrected chi connectivity index (χ2v) is 6.93. The van der Waals surface area contributed by atoms with Crippen LogP contribution in [-0.2, 0) is 9.59 Å². The smallest absolute Gasteiger partial charge is 0.267 e. The van der Waals surface area contributed by atoms with Gasteiger partial charge in [-0.25, -0.2) is 5.01 Å². The quantitative estimate of drug-likeness (QED) is 0.325. The van der Waals surface area contributed by atoms with Crippen LogP contribution in [0.15, 0.2) is 46.4 Å². The molecular weight excluding hydrogens is 449 g/mol. The maximum atomic E-state index is 12.6. The van der Waals surface area contributed by atoms with Crippen molar-refractivity contribution in [3.63, 3.8) is 0 Å². The zero-order valence-electron chi connectivity index (χ0n) is 12.7. The number of hydrazine groups is 1. The third kappa shape index (κ3) is 3.44. The van der Waals surface area contributed by atoms with Gasteiger partial charge in [0.1, 0.15) is 10.6 Å². The van der Waals surface area contributed by atoms with Crippen molar-refractivity contribution >= 4 is 68.4 Å². The monoisotopic (exact) mass is 455 g/mol. The number of nitro benzene ring substituents is 1. The molecule has 0 aromatic heterocycles. The molecule has 1 fully saturated rings. The van der Waals surface area contributed by atoms with E-state index in [4.69, 9.17) is 23.2 Å². The Morgan fingerprint density at radius 2 is 1.77 bits per heavy atom. The van der Waals surface area contributed by atoms with Crippen molar-refractivity contribution in [1.29, 1.82) is 0 Å². The van der Waals surface area contributed by atoms with E-state index in [-0.39, 0.29) is 26.9 Å². The lowest BCUT2D eigenvalue weighted by atomic mass is 10.1. The van der Waals surface area contributed by atoms with Crippen molar-refractivity contribution in [2.45, 2.75) is 0 Å². The molecule has 132 valence electrons. The van der Waals surface area contributed by atoms with Gasteiger partial charge in [0.2, 0.25) is 0 Å². The number of nitro groups is 1. The summed E-state index contributed by atoms with van der Waals surface area (Å²) in [6.45, 7) is 0. The van der Waals surface area contributed by atoms with Crippen LogP contribution < -0.4 is 10.4 Å². The Morgan fingerprint density at radius 3 is 2.38 bits per heavy atom. The number of nitrogens with zero attached hydrogens (tertiary/aromatic N) is 2. The number of benzene rings is 2. The standard InChI is InChI=1S/C16H8BrCl2N3O4/c17-9-1-3-10(4-2-9)21-16(24)11(15(23)20-21)5-8-6-14(22(25)26)13(19)7-12(8)18/h1-7H,(H,20,23). The molecule has 0 saturated carbocycles. The molecule has 1 aliphatic rings. The number of carbonyl (C=O) groups excluding carboxylic acids is 2. The zero-order chi connectivity index (χ0) is 19.0. The summed E-state index contributed by atoms with van der Waals surface area (Å²) in [7, 11) is 0. The van der Waals surface area contributed by atoms with Crippen LogP contribution in [0.25, 0.3) is 6.08 Å². The normalized spacial score (nSPS) is 15.5. The molecule has 1 N–H and O–H groups in total. The number of hydrogen-bond acceptors (Lipinski definition) is 4. The minimum absolute atomic E-state index is 0.0794. The molecule has 0 radical (unpaired) electrons. The highest BCUT2D eigenvalue weighted by atomic mass is 79.9. The second kappa shape index (κ2) is 7.06. The number of nitrogens with one attached hydrogen (secondary N) is 1. The average Bonchev–Trinajstić information content (AvgIpc) is 2.85. The first-order valence-corrected chi connectivity index (χ1v) is 8.59. The van der Waals surface area contributed by atoms with Crippen LogP contribution in [0.1, 0.15) is 5.56 Å². The summed E-state index contributed by atoms with van der Waals surface area (Å²) in [5.41, 5.74) is 2.46. The summed E-state index contributed by atoms with van der Waals surface area (Å²) in [4.78, 5) is 35.1. The largest absolute Gasteiger partial charge is 0.288 e. The van der Waals surface area contributed by atoms with E-state index < -0.39 is 16.7 Å². The first-order chi connectivity index (χ1) is 12.3. The van der Waals surface area contributed by atoms with Gasteiger partial charge >= 0.3 is 0 Å². The van der Waals surface area contributed by atoms with E-state index in [1.165, 1.54) is 12.1 Å². The third-order valence-electron chi connectivity index (χ3n) is 3.54. The SMILES string of the molecule is O=C1NN(c2ccc(Br)cc2)C(=O)C1=Cc1cc([N+](=O)[O-])c(Cl)cc1Cl.